The molecule has 12 heteroatoms. The summed E-state index contributed by atoms with van der Waals surface area (Å²) in [6.07, 6.45) is 1.69. The SMILES string of the molecule is CCC(C)C(NC(=O)C(CC(N)=O)NC(=O)C(N)CC(C)C)C(=O)NC(CCCCN)C(=O)O. The average Bonchev–Trinajstić information content (AvgIpc) is 2.74. The number of carbonyl (C=O) groups is 5. The molecular weight excluding hydrogens is 444 g/mol. The van der Waals surface area contributed by atoms with E-state index in [2.05, 4.69) is 16.0 Å². The van der Waals surface area contributed by atoms with Crippen molar-refractivity contribution in [2.24, 2.45) is 29.0 Å². The van der Waals surface area contributed by atoms with Gasteiger partial charge in [-0.05, 0) is 44.1 Å². The molecule has 0 bridgehead atoms. The third-order valence-corrected chi connectivity index (χ3v) is 5.46. The molecule has 0 aromatic carbocycles. The van der Waals surface area contributed by atoms with Crippen LogP contribution in [0.25, 0.3) is 0 Å². The van der Waals surface area contributed by atoms with Crippen molar-refractivity contribution in [2.45, 2.75) is 90.4 Å². The molecule has 196 valence electrons. The molecule has 0 radical (unpaired) electrons. The Kier molecular flexibility index (Phi) is 14.7. The molecule has 0 saturated carbocycles. The van der Waals surface area contributed by atoms with Crippen LogP contribution in [-0.4, -0.2) is 65.4 Å². The average molecular weight is 487 g/mol. The highest BCUT2D eigenvalue weighted by atomic mass is 16.4. The lowest BCUT2D eigenvalue weighted by atomic mass is 9.96. The molecule has 0 aliphatic rings. The van der Waals surface area contributed by atoms with E-state index in [1.54, 1.807) is 13.8 Å². The molecule has 0 aliphatic carbocycles. The fourth-order valence-electron chi connectivity index (χ4n) is 3.27. The van der Waals surface area contributed by atoms with Crippen molar-refractivity contribution in [1.29, 1.82) is 0 Å². The van der Waals surface area contributed by atoms with Crippen LogP contribution in [0.3, 0.4) is 0 Å². The molecule has 0 fully saturated rings. The number of unbranched alkanes of at least 4 members (excludes halogenated alkanes) is 1. The first-order valence-electron chi connectivity index (χ1n) is 11.7. The zero-order valence-electron chi connectivity index (χ0n) is 20.6. The number of carbonyl (C=O) groups excluding carboxylic acids is 4. The summed E-state index contributed by atoms with van der Waals surface area (Å²) in [5, 5.41) is 16.9. The first kappa shape index (κ1) is 31.3. The molecule has 0 rings (SSSR count). The van der Waals surface area contributed by atoms with Gasteiger partial charge in [-0.1, -0.05) is 34.1 Å². The molecule has 5 unspecified atom stereocenters. The Bertz CT molecular complexity index is 701. The van der Waals surface area contributed by atoms with Crippen molar-refractivity contribution in [1.82, 2.24) is 16.0 Å². The summed E-state index contributed by atoms with van der Waals surface area (Å²) in [7, 11) is 0. The second-order valence-electron chi connectivity index (χ2n) is 9.02. The van der Waals surface area contributed by atoms with Crippen molar-refractivity contribution in [2.75, 3.05) is 6.54 Å². The fraction of sp³-hybridized carbons (Fsp3) is 0.773. The first-order valence-corrected chi connectivity index (χ1v) is 11.7. The van der Waals surface area contributed by atoms with Gasteiger partial charge in [0.1, 0.15) is 18.1 Å². The third kappa shape index (κ3) is 11.9. The largest absolute Gasteiger partial charge is 0.480 e. The highest BCUT2D eigenvalue weighted by molar-refractivity contribution is 5.96. The quantitative estimate of drug-likeness (QED) is 0.125. The Morgan fingerprint density at radius 2 is 1.47 bits per heavy atom. The van der Waals surface area contributed by atoms with E-state index in [4.69, 9.17) is 17.2 Å². The molecule has 0 aliphatic heterocycles. The van der Waals surface area contributed by atoms with Gasteiger partial charge >= 0.3 is 5.97 Å². The van der Waals surface area contributed by atoms with Gasteiger partial charge in [-0.2, -0.15) is 0 Å². The minimum Gasteiger partial charge on any atom is -0.480 e. The predicted molar refractivity (Wildman–Crippen MR) is 127 cm³/mol. The molecule has 10 N–H and O–H groups in total. The maximum Gasteiger partial charge on any atom is 0.326 e. The van der Waals surface area contributed by atoms with Gasteiger partial charge in [-0.3, -0.25) is 19.2 Å². The number of carboxylic acids is 1. The van der Waals surface area contributed by atoms with Crippen molar-refractivity contribution in [3.05, 3.63) is 0 Å². The molecule has 12 nitrogen and oxygen atoms in total. The number of hydrogen-bond acceptors (Lipinski definition) is 7. The lowest BCUT2D eigenvalue weighted by Gasteiger charge is -2.28. The van der Waals surface area contributed by atoms with E-state index >= 15 is 0 Å². The van der Waals surface area contributed by atoms with E-state index in [9.17, 15) is 29.1 Å². The summed E-state index contributed by atoms with van der Waals surface area (Å²) < 4.78 is 0. The number of rotatable bonds is 17. The van der Waals surface area contributed by atoms with Crippen LogP contribution in [0.2, 0.25) is 0 Å². The molecule has 0 saturated heterocycles. The van der Waals surface area contributed by atoms with E-state index in [1.165, 1.54) is 0 Å². The maximum atomic E-state index is 12.9. The van der Waals surface area contributed by atoms with Crippen LogP contribution >= 0.6 is 0 Å². The van der Waals surface area contributed by atoms with Gasteiger partial charge < -0.3 is 38.3 Å². The summed E-state index contributed by atoms with van der Waals surface area (Å²) in [5.74, 6) is -4.34. The van der Waals surface area contributed by atoms with Gasteiger partial charge in [0.15, 0.2) is 0 Å². The number of nitrogens with two attached hydrogens (primary N) is 3. The molecule has 0 aromatic heterocycles. The van der Waals surface area contributed by atoms with Crippen LogP contribution in [0, 0.1) is 11.8 Å². The Hall–Kier alpha value is -2.73. The van der Waals surface area contributed by atoms with E-state index in [-0.39, 0.29) is 18.3 Å². The van der Waals surface area contributed by atoms with E-state index in [1.807, 2.05) is 13.8 Å². The molecular formula is C22H42N6O6. The molecule has 5 atom stereocenters. The zero-order chi connectivity index (χ0) is 26.4. The maximum absolute atomic E-state index is 12.9. The van der Waals surface area contributed by atoms with Crippen LogP contribution in [-0.2, 0) is 24.0 Å². The minimum atomic E-state index is -1.33. The van der Waals surface area contributed by atoms with Gasteiger partial charge in [-0.15, -0.1) is 0 Å². The summed E-state index contributed by atoms with van der Waals surface area (Å²) in [6.45, 7) is 7.70. The van der Waals surface area contributed by atoms with Gasteiger partial charge in [0.25, 0.3) is 0 Å². The standard InChI is InChI=1S/C22H42N6O6/c1-5-13(4)18(21(32)26-15(22(33)34)8-6-7-9-23)28-20(31)16(11-17(25)29)27-19(30)14(24)10-12(2)3/h12-16,18H,5-11,23-24H2,1-4H3,(H2,25,29)(H,26,32)(H,27,30)(H,28,31)(H,33,34). The van der Waals surface area contributed by atoms with Crippen molar-refractivity contribution in [3.63, 3.8) is 0 Å². The van der Waals surface area contributed by atoms with E-state index < -0.39 is 60.2 Å². The van der Waals surface area contributed by atoms with Crippen molar-refractivity contribution in [3.8, 4) is 0 Å². The fourth-order valence-corrected chi connectivity index (χ4v) is 3.27. The first-order chi connectivity index (χ1) is 15.8. The number of carboxylic acid groups (broad SMARTS) is 1. The predicted octanol–water partition coefficient (Wildman–Crippen LogP) is -1.05. The number of amides is 4. The zero-order valence-corrected chi connectivity index (χ0v) is 20.6. The highest BCUT2D eigenvalue weighted by Gasteiger charge is 2.33. The second kappa shape index (κ2) is 16.0. The summed E-state index contributed by atoms with van der Waals surface area (Å²) >= 11 is 0. The van der Waals surface area contributed by atoms with E-state index in [0.29, 0.717) is 32.2 Å². The monoisotopic (exact) mass is 486 g/mol. The molecule has 34 heavy (non-hydrogen) atoms. The smallest absolute Gasteiger partial charge is 0.326 e. The second-order valence-corrected chi connectivity index (χ2v) is 9.02. The van der Waals surface area contributed by atoms with Crippen LogP contribution < -0.4 is 33.2 Å². The topological polar surface area (TPSA) is 220 Å². The number of hydrogen-bond donors (Lipinski definition) is 7. The van der Waals surface area contributed by atoms with Crippen LogP contribution in [0.5, 0.6) is 0 Å². The van der Waals surface area contributed by atoms with Crippen molar-refractivity contribution >= 4 is 29.6 Å². The van der Waals surface area contributed by atoms with Gasteiger partial charge in [0.2, 0.25) is 23.6 Å². The summed E-state index contributed by atoms with van der Waals surface area (Å²) in [6, 6.07) is -4.45. The number of nitrogens with one attached hydrogen (secondary N) is 3. The van der Waals surface area contributed by atoms with Crippen molar-refractivity contribution < 1.29 is 29.1 Å². The highest BCUT2D eigenvalue weighted by Crippen LogP contribution is 2.11. The van der Waals surface area contributed by atoms with Gasteiger partial charge in [0, 0.05) is 0 Å². The van der Waals surface area contributed by atoms with E-state index in [0.717, 1.165) is 0 Å². The third-order valence-electron chi connectivity index (χ3n) is 5.46. The Balaban J connectivity index is 5.51. The minimum absolute atomic E-state index is 0.134. The molecule has 0 spiro atoms. The normalized spacial score (nSPS) is 15.5. The Labute approximate surface area is 201 Å². The summed E-state index contributed by atoms with van der Waals surface area (Å²) in [5.41, 5.74) is 16.5. The molecule has 0 heterocycles. The molecule has 4 amide bonds. The molecule has 0 aromatic rings. The van der Waals surface area contributed by atoms with Crippen LogP contribution in [0.4, 0.5) is 0 Å². The lowest BCUT2D eigenvalue weighted by Crippen LogP contribution is -2.59. The number of primary amides is 1. The number of aliphatic carboxylic acids is 1. The van der Waals surface area contributed by atoms with Gasteiger partial charge in [-0.25, -0.2) is 4.79 Å². The van der Waals surface area contributed by atoms with Crippen LogP contribution in [0.1, 0.15) is 66.2 Å². The Morgan fingerprint density at radius 3 is 1.94 bits per heavy atom. The van der Waals surface area contributed by atoms with Crippen LogP contribution in [0.15, 0.2) is 0 Å². The summed E-state index contributed by atoms with van der Waals surface area (Å²) in [4.78, 5) is 61.3. The Morgan fingerprint density at radius 1 is 0.882 bits per heavy atom. The lowest BCUT2D eigenvalue weighted by molar-refractivity contribution is -0.143. The van der Waals surface area contributed by atoms with Gasteiger partial charge in [0.05, 0.1) is 12.5 Å².